The number of benzene rings is 1. The highest BCUT2D eigenvalue weighted by Gasteiger charge is 2.33. The number of halogens is 2. The molecule has 0 bridgehead atoms. The summed E-state index contributed by atoms with van der Waals surface area (Å²) in [6.07, 6.45) is 7.34. The van der Waals surface area contributed by atoms with Gasteiger partial charge in [-0.3, -0.25) is 4.31 Å². The fraction of sp³-hybridized carbons (Fsp3) is 0.500. The lowest BCUT2D eigenvalue weighted by atomic mass is 9.77. The third-order valence-electron chi connectivity index (χ3n) is 8.40. The fourth-order valence-corrected chi connectivity index (χ4v) is 10.3. The van der Waals surface area contributed by atoms with Crippen molar-refractivity contribution in [2.45, 2.75) is 62.3 Å². The molecule has 1 N–H and O–H groups in total. The minimum Gasteiger partial charge on any atom is -0.407 e. The van der Waals surface area contributed by atoms with Crippen LogP contribution in [0, 0.1) is 11.8 Å². The van der Waals surface area contributed by atoms with Crippen molar-refractivity contribution in [3.05, 3.63) is 61.1 Å². The number of hydrogen-bond acceptors (Lipinski definition) is 7. The third kappa shape index (κ3) is 6.79. The van der Waals surface area contributed by atoms with Gasteiger partial charge >= 0.3 is 6.09 Å². The van der Waals surface area contributed by atoms with E-state index in [-0.39, 0.29) is 14.9 Å². The number of carbonyl (C=O) groups is 1. The van der Waals surface area contributed by atoms with Crippen molar-refractivity contribution < 1.29 is 17.9 Å². The van der Waals surface area contributed by atoms with E-state index < -0.39 is 16.1 Å². The molecule has 228 valence electrons. The predicted octanol–water partition coefficient (Wildman–Crippen LogP) is 8.02. The quantitative estimate of drug-likeness (QED) is 0.250. The number of anilines is 1. The average Bonchev–Trinajstić information content (AvgIpc) is 3.62. The maximum Gasteiger partial charge on any atom is 0.412 e. The molecule has 1 unspecified atom stereocenters. The molecule has 3 aromatic rings. The molecule has 42 heavy (non-hydrogen) atoms. The van der Waals surface area contributed by atoms with E-state index in [0.29, 0.717) is 35.2 Å². The monoisotopic (exact) mass is 669 g/mol. The van der Waals surface area contributed by atoms with E-state index in [4.69, 9.17) is 27.9 Å². The lowest BCUT2D eigenvalue weighted by Crippen LogP contribution is -2.35. The van der Waals surface area contributed by atoms with Crippen LogP contribution in [-0.4, -0.2) is 47.1 Å². The lowest BCUT2D eigenvalue weighted by molar-refractivity contribution is 0.149. The summed E-state index contributed by atoms with van der Waals surface area (Å²) in [6.45, 7) is 0.538. The molecule has 5 rings (SSSR count). The largest absolute Gasteiger partial charge is 0.412 e. The summed E-state index contributed by atoms with van der Waals surface area (Å²) in [5.41, 5.74) is 0.927. The zero-order chi connectivity index (χ0) is 30.0. The van der Waals surface area contributed by atoms with Gasteiger partial charge < -0.3 is 15.0 Å². The molecule has 1 fully saturated rings. The Morgan fingerprint density at radius 1 is 1.07 bits per heavy atom. The van der Waals surface area contributed by atoms with Crippen molar-refractivity contribution in [3.8, 4) is 5.75 Å². The van der Waals surface area contributed by atoms with E-state index in [1.165, 1.54) is 45.8 Å². The third-order valence-corrected chi connectivity index (χ3v) is 13.3. The van der Waals surface area contributed by atoms with Gasteiger partial charge in [0.2, 0.25) is 0 Å². The molecular formula is C30H37Cl2N3O4S3. The van der Waals surface area contributed by atoms with Gasteiger partial charge in [-0.1, -0.05) is 29.3 Å². The topological polar surface area (TPSA) is 79.0 Å². The number of ether oxygens (including phenoxy) is 1. The first-order valence-corrected chi connectivity index (χ1v) is 18.2. The molecule has 2 heterocycles. The lowest BCUT2D eigenvalue weighted by Gasteiger charge is -2.36. The average molecular weight is 671 g/mol. The van der Waals surface area contributed by atoms with Crippen LogP contribution in [-0.2, 0) is 22.9 Å². The van der Waals surface area contributed by atoms with E-state index in [0.717, 1.165) is 61.8 Å². The number of hydrogen-bond donors (Lipinski definition) is 1. The summed E-state index contributed by atoms with van der Waals surface area (Å²) < 4.78 is 34.2. The second-order valence-corrected chi connectivity index (χ2v) is 16.2. The highest BCUT2D eigenvalue weighted by Crippen LogP contribution is 2.47. The van der Waals surface area contributed by atoms with Gasteiger partial charge in [-0.05, 0) is 107 Å². The Morgan fingerprint density at radius 3 is 2.48 bits per heavy atom. The smallest absolute Gasteiger partial charge is 0.407 e. The Labute approximate surface area is 266 Å². The molecule has 1 amide bonds. The van der Waals surface area contributed by atoms with E-state index in [2.05, 4.69) is 41.8 Å². The van der Waals surface area contributed by atoms with Gasteiger partial charge in [0, 0.05) is 35.0 Å². The highest BCUT2D eigenvalue weighted by atomic mass is 35.5. The normalized spacial score (nSPS) is 19.8. The summed E-state index contributed by atoms with van der Waals surface area (Å²) in [5.74, 6) is 1.31. The van der Waals surface area contributed by atoms with Crippen LogP contribution < -0.4 is 14.4 Å². The standard InChI is InChI=1S/C30H37Cl2N3O4S3/c1-34(2)27(26-9-6-16-40-26)20-12-10-19(11-13-20)18-33-30(36)39-28-22-7-4-5-8-25(22)41-29(28)35(3)42(37,38)21-14-15-23(31)24(32)17-21/h6,9,14-17,19-20,27H,4-5,7-8,10-13,18H2,1-3H3,(H,33,36). The number of nitrogens with one attached hydrogen (secondary N) is 1. The van der Waals surface area contributed by atoms with E-state index in [1.807, 2.05) is 11.3 Å². The van der Waals surface area contributed by atoms with Gasteiger partial charge in [0.15, 0.2) is 5.75 Å². The number of amides is 1. The number of thiophene rings is 2. The number of fused-ring (bicyclic) bond motifs is 1. The van der Waals surface area contributed by atoms with Crippen LogP contribution in [0.25, 0.3) is 0 Å². The van der Waals surface area contributed by atoms with Crippen LogP contribution in [0.15, 0.2) is 40.6 Å². The van der Waals surface area contributed by atoms with Crippen LogP contribution >= 0.6 is 45.9 Å². The van der Waals surface area contributed by atoms with Crippen LogP contribution in [0.3, 0.4) is 0 Å². The molecule has 0 radical (unpaired) electrons. The molecule has 2 aliphatic carbocycles. The first-order chi connectivity index (χ1) is 20.1. The number of rotatable bonds is 9. The van der Waals surface area contributed by atoms with Gasteiger partial charge in [0.05, 0.1) is 14.9 Å². The van der Waals surface area contributed by atoms with Gasteiger partial charge in [0.1, 0.15) is 5.00 Å². The maximum absolute atomic E-state index is 13.5. The Balaban J connectivity index is 1.25. The molecule has 2 aromatic heterocycles. The van der Waals surface area contributed by atoms with Gasteiger partial charge in [-0.2, -0.15) is 0 Å². The van der Waals surface area contributed by atoms with Crippen molar-refractivity contribution in [3.63, 3.8) is 0 Å². The molecule has 0 saturated heterocycles. The predicted molar refractivity (Wildman–Crippen MR) is 173 cm³/mol. The second kappa shape index (κ2) is 13.4. The van der Waals surface area contributed by atoms with Crippen LogP contribution in [0.2, 0.25) is 10.0 Å². The molecule has 1 atom stereocenters. The van der Waals surface area contributed by atoms with Gasteiger partial charge in [-0.15, -0.1) is 22.7 Å². The molecule has 0 spiro atoms. The SMILES string of the molecule is CN(C)C(c1cccs1)C1CCC(CNC(=O)Oc2c(N(C)S(=O)(=O)c3ccc(Cl)c(Cl)c3)sc3c2CCCC3)CC1. The summed E-state index contributed by atoms with van der Waals surface area (Å²) >= 11 is 15.3. The molecule has 12 heteroatoms. The minimum atomic E-state index is -3.97. The maximum atomic E-state index is 13.5. The zero-order valence-electron chi connectivity index (χ0n) is 24.1. The Kier molecular flexibility index (Phi) is 10.1. The summed E-state index contributed by atoms with van der Waals surface area (Å²) in [6, 6.07) is 9.00. The van der Waals surface area contributed by atoms with Gasteiger partial charge in [0.25, 0.3) is 10.0 Å². The van der Waals surface area contributed by atoms with Crippen molar-refractivity contribution in [1.82, 2.24) is 10.2 Å². The Bertz CT molecular complexity index is 1500. The van der Waals surface area contributed by atoms with E-state index in [1.54, 1.807) is 0 Å². The van der Waals surface area contributed by atoms with E-state index >= 15 is 0 Å². The summed E-state index contributed by atoms with van der Waals surface area (Å²) in [4.78, 5) is 17.9. The van der Waals surface area contributed by atoms with Crippen LogP contribution in [0.4, 0.5) is 9.80 Å². The molecular weight excluding hydrogens is 633 g/mol. The molecule has 2 aliphatic rings. The fourth-order valence-electron chi connectivity index (χ4n) is 6.17. The first kappa shape index (κ1) is 31.6. The van der Waals surface area contributed by atoms with Crippen LogP contribution in [0.1, 0.15) is 59.9 Å². The Hall–Kier alpha value is -1.82. The van der Waals surface area contributed by atoms with E-state index in [9.17, 15) is 13.2 Å². The zero-order valence-corrected chi connectivity index (χ0v) is 28.0. The molecule has 7 nitrogen and oxygen atoms in total. The number of nitrogens with zero attached hydrogens (tertiary/aromatic N) is 2. The molecule has 1 saturated carbocycles. The number of aryl methyl sites for hydroxylation is 1. The van der Waals surface area contributed by atoms with Gasteiger partial charge in [-0.25, -0.2) is 13.2 Å². The second-order valence-electron chi connectivity index (χ2n) is 11.4. The molecule has 1 aromatic carbocycles. The minimum absolute atomic E-state index is 0.0207. The van der Waals surface area contributed by atoms with Crippen molar-refractivity contribution >= 4 is 67.0 Å². The van der Waals surface area contributed by atoms with Crippen molar-refractivity contribution in [2.24, 2.45) is 11.8 Å². The summed E-state index contributed by atoms with van der Waals surface area (Å²) in [7, 11) is 1.82. The van der Waals surface area contributed by atoms with Crippen molar-refractivity contribution in [1.29, 1.82) is 0 Å². The highest BCUT2D eigenvalue weighted by molar-refractivity contribution is 7.93. The molecule has 0 aliphatic heterocycles. The van der Waals surface area contributed by atoms with Crippen molar-refractivity contribution in [2.75, 3.05) is 32.0 Å². The first-order valence-electron chi connectivity index (χ1n) is 14.3. The Morgan fingerprint density at radius 2 is 1.81 bits per heavy atom. The number of sulfonamides is 1. The number of carbonyl (C=O) groups excluding carboxylic acids is 1. The summed E-state index contributed by atoms with van der Waals surface area (Å²) in [5, 5.41) is 5.95. The van der Waals surface area contributed by atoms with Crippen LogP contribution in [0.5, 0.6) is 5.75 Å².